The maximum absolute atomic E-state index is 13.4. The summed E-state index contributed by atoms with van der Waals surface area (Å²) in [6.45, 7) is 0. The quantitative estimate of drug-likeness (QED) is 0.614. The van der Waals surface area contributed by atoms with Crippen LogP contribution in [-0.4, -0.2) is 9.94 Å². The van der Waals surface area contributed by atoms with Gasteiger partial charge in [0.2, 0.25) is 0 Å². The van der Waals surface area contributed by atoms with Crippen molar-refractivity contribution in [2.75, 3.05) is 0 Å². The highest BCUT2D eigenvalue weighted by atomic mass is 79.9. The average molecular weight is 356 g/mol. The number of rotatable bonds is 2. The molecule has 0 aromatic heterocycles. The Morgan fingerprint density at radius 2 is 1.76 bits per heavy atom. The van der Waals surface area contributed by atoms with Crippen molar-refractivity contribution in [2.24, 2.45) is 0 Å². The van der Waals surface area contributed by atoms with Crippen LogP contribution in [0.15, 0.2) is 16.6 Å². The Hall–Kier alpha value is -0.0400. The summed E-state index contributed by atoms with van der Waals surface area (Å²) in [5.74, 6) is -1.02. The van der Waals surface area contributed by atoms with Crippen LogP contribution in [0.25, 0.3) is 0 Å². The molecule has 0 fully saturated rings. The smallest absolute Gasteiger partial charge is 0.385 e. The van der Waals surface area contributed by atoms with E-state index in [4.69, 9.17) is 23.2 Å². The molecule has 1 aromatic rings. The summed E-state index contributed by atoms with van der Waals surface area (Å²) in [6.07, 6.45) is -6.43. The fraction of sp³-hybridized carbons (Fsp3) is 0.333. The largest absolute Gasteiger partial charge is 0.417 e. The van der Waals surface area contributed by atoms with Gasteiger partial charge in [0.05, 0.1) is 5.56 Å². The molecule has 17 heavy (non-hydrogen) atoms. The predicted molar refractivity (Wildman–Crippen MR) is 59.6 cm³/mol. The summed E-state index contributed by atoms with van der Waals surface area (Å²) >= 11 is 13.2. The van der Waals surface area contributed by atoms with Gasteiger partial charge in [0.15, 0.2) is 0 Å². The molecule has 8 heteroatoms. The molecule has 0 amide bonds. The number of benzene rings is 1. The van der Waals surface area contributed by atoms with E-state index in [1.165, 1.54) is 0 Å². The minimum Gasteiger partial charge on any atom is -0.385 e. The van der Waals surface area contributed by atoms with Crippen LogP contribution in [0.1, 0.15) is 17.2 Å². The van der Waals surface area contributed by atoms with Gasteiger partial charge >= 0.3 is 6.18 Å². The number of hydrogen-bond donors (Lipinski definition) is 1. The first kappa shape index (κ1) is 15.0. The van der Waals surface area contributed by atoms with Gasteiger partial charge < -0.3 is 5.11 Å². The Labute approximate surface area is 112 Å². The van der Waals surface area contributed by atoms with E-state index in [1.54, 1.807) is 0 Å². The van der Waals surface area contributed by atoms with Gasteiger partial charge in [0, 0.05) is 10.0 Å². The number of alkyl halides is 5. The Balaban J connectivity index is 3.40. The molecule has 1 aromatic carbocycles. The molecule has 0 saturated heterocycles. The van der Waals surface area contributed by atoms with Crippen LogP contribution in [-0.2, 0) is 6.18 Å². The highest BCUT2D eigenvalue weighted by Gasteiger charge is 2.36. The maximum Gasteiger partial charge on any atom is 0.417 e. The van der Waals surface area contributed by atoms with Crippen molar-refractivity contribution >= 4 is 39.1 Å². The average Bonchev–Trinajstić information content (AvgIpc) is 2.14. The van der Waals surface area contributed by atoms with Crippen LogP contribution in [0.3, 0.4) is 0 Å². The van der Waals surface area contributed by atoms with Crippen molar-refractivity contribution in [1.29, 1.82) is 0 Å². The molecule has 1 atom stereocenters. The molecule has 1 nitrogen and oxygen atoms in total. The van der Waals surface area contributed by atoms with Crippen LogP contribution in [0.5, 0.6) is 0 Å². The van der Waals surface area contributed by atoms with E-state index in [-0.39, 0.29) is 0 Å². The molecule has 1 rings (SSSR count). The SMILES string of the molecule is OC(c1c(F)ccc(C(F)(F)F)c1Br)C(Cl)Cl. The lowest BCUT2D eigenvalue weighted by molar-refractivity contribution is -0.138. The summed E-state index contributed by atoms with van der Waals surface area (Å²) in [4.78, 5) is -1.44. The lowest BCUT2D eigenvalue weighted by atomic mass is 10.1. The zero-order valence-corrected chi connectivity index (χ0v) is 11.0. The maximum atomic E-state index is 13.4. The third-order valence-electron chi connectivity index (χ3n) is 1.97. The lowest BCUT2D eigenvalue weighted by Crippen LogP contribution is -2.14. The summed E-state index contributed by atoms with van der Waals surface area (Å²) in [5, 5.41) is 9.45. The van der Waals surface area contributed by atoms with Crippen LogP contribution < -0.4 is 0 Å². The van der Waals surface area contributed by atoms with Crippen LogP contribution in [0.2, 0.25) is 0 Å². The Kier molecular flexibility index (Phi) is 4.68. The zero-order chi connectivity index (χ0) is 13.4. The second kappa shape index (κ2) is 5.30. The van der Waals surface area contributed by atoms with Gasteiger partial charge in [0.25, 0.3) is 0 Å². The molecular formula is C9H5BrCl2F4O. The van der Waals surface area contributed by atoms with Gasteiger partial charge in [-0.3, -0.25) is 0 Å². The van der Waals surface area contributed by atoms with Crippen molar-refractivity contribution in [1.82, 2.24) is 0 Å². The highest BCUT2D eigenvalue weighted by Crippen LogP contribution is 2.40. The first-order chi connectivity index (χ1) is 7.66. The van der Waals surface area contributed by atoms with E-state index < -0.39 is 38.5 Å². The van der Waals surface area contributed by atoms with Crippen molar-refractivity contribution in [3.63, 3.8) is 0 Å². The Morgan fingerprint density at radius 3 is 2.18 bits per heavy atom. The minimum absolute atomic E-state index is 0.563. The summed E-state index contributed by atoms with van der Waals surface area (Å²) < 4.78 is 50.3. The minimum atomic E-state index is -4.67. The molecule has 1 unspecified atom stereocenters. The Bertz CT molecular complexity index is 422. The van der Waals surface area contributed by atoms with E-state index in [1.807, 2.05) is 0 Å². The molecular weight excluding hydrogens is 351 g/mol. The molecule has 0 aliphatic carbocycles. The predicted octanol–water partition coefficient (Wildman–Crippen LogP) is 4.44. The number of halogens is 7. The summed E-state index contributed by atoms with van der Waals surface area (Å²) in [6, 6.07) is 1.16. The number of hydrogen-bond acceptors (Lipinski definition) is 1. The molecule has 0 aliphatic heterocycles. The first-order valence-electron chi connectivity index (χ1n) is 4.17. The van der Waals surface area contributed by atoms with Crippen molar-refractivity contribution in [3.8, 4) is 0 Å². The normalized spacial score (nSPS) is 14.2. The molecule has 0 spiro atoms. The molecule has 0 heterocycles. The van der Waals surface area contributed by atoms with E-state index in [2.05, 4.69) is 15.9 Å². The van der Waals surface area contributed by atoms with E-state index >= 15 is 0 Å². The van der Waals surface area contributed by atoms with Crippen molar-refractivity contribution in [3.05, 3.63) is 33.5 Å². The molecule has 0 saturated carbocycles. The summed E-state index contributed by atoms with van der Waals surface area (Å²) in [5.41, 5.74) is -1.73. The van der Waals surface area contributed by atoms with Gasteiger partial charge in [-0.05, 0) is 28.1 Å². The third-order valence-corrected chi connectivity index (χ3v) is 3.30. The highest BCUT2D eigenvalue weighted by molar-refractivity contribution is 9.10. The van der Waals surface area contributed by atoms with Crippen molar-refractivity contribution < 1.29 is 22.7 Å². The molecule has 0 radical (unpaired) electrons. The van der Waals surface area contributed by atoms with Gasteiger partial charge in [-0.1, -0.05) is 0 Å². The summed E-state index contributed by atoms with van der Waals surface area (Å²) in [7, 11) is 0. The van der Waals surface area contributed by atoms with Gasteiger partial charge in [-0.25, -0.2) is 4.39 Å². The van der Waals surface area contributed by atoms with E-state index in [0.717, 1.165) is 0 Å². The van der Waals surface area contributed by atoms with Crippen molar-refractivity contribution in [2.45, 2.75) is 17.1 Å². The van der Waals surface area contributed by atoms with Gasteiger partial charge in [0.1, 0.15) is 16.8 Å². The molecule has 1 N–H and O–H groups in total. The monoisotopic (exact) mass is 354 g/mol. The standard InChI is InChI=1S/C9H5BrCl2F4O/c10-6-3(9(14,15)16)1-2-4(13)5(6)7(17)8(11)12/h1-2,7-8,17H. The molecule has 96 valence electrons. The molecule has 0 bridgehead atoms. The lowest BCUT2D eigenvalue weighted by Gasteiger charge is -2.18. The van der Waals surface area contributed by atoms with Gasteiger partial charge in [-0.15, -0.1) is 23.2 Å². The zero-order valence-electron chi connectivity index (χ0n) is 7.90. The van der Waals surface area contributed by atoms with Gasteiger partial charge in [-0.2, -0.15) is 13.2 Å². The molecule has 0 aliphatic rings. The number of aliphatic hydroxyl groups is 1. The van der Waals surface area contributed by atoms with Crippen LogP contribution >= 0.6 is 39.1 Å². The topological polar surface area (TPSA) is 20.2 Å². The second-order valence-electron chi connectivity index (χ2n) is 3.10. The van der Waals surface area contributed by atoms with E-state index in [9.17, 15) is 22.7 Å². The first-order valence-corrected chi connectivity index (χ1v) is 5.84. The fourth-order valence-corrected chi connectivity index (χ4v) is 2.22. The van der Waals surface area contributed by atoms with E-state index in [0.29, 0.717) is 12.1 Å². The van der Waals surface area contributed by atoms with Crippen LogP contribution in [0, 0.1) is 5.82 Å². The fourth-order valence-electron chi connectivity index (χ4n) is 1.19. The second-order valence-corrected chi connectivity index (χ2v) is 5.06. The third kappa shape index (κ3) is 3.24. The number of aliphatic hydroxyl groups excluding tert-OH is 1. The van der Waals surface area contributed by atoms with Crippen LogP contribution in [0.4, 0.5) is 17.6 Å². The Morgan fingerprint density at radius 1 is 1.24 bits per heavy atom.